The van der Waals surface area contributed by atoms with Crippen molar-refractivity contribution in [3.05, 3.63) is 59.2 Å². The summed E-state index contributed by atoms with van der Waals surface area (Å²) in [6.45, 7) is 7.82. The molecule has 8 nitrogen and oxygen atoms in total. The number of piperazine rings is 1. The van der Waals surface area contributed by atoms with Crippen LogP contribution in [0.3, 0.4) is 0 Å². The lowest BCUT2D eigenvalue weighted by atomic mass is 9.88. The first-order chi connectivity index (χ1) is 17.7. The highest BCUT2D eigenvalue weighted by atomic mass is 32.1. The van der Waals surface area contributed by atoms with Crippen molar-refractivity contribution in [2.24, 2.45) is 11.8 Å². The van der Waals surface area contributed by atoms with Crippen LogP contribution in [0.15, 0.2) is 42.5 Å². The van der Waals surface area contributed by atoms with Crippen LogP contribution in [0.5, 0.6) is 0 Å². The van der Waals surface area contributed by atoms with Crippen LogP contribution >= 0.6 is 11.5 Å². The van der Waals surface area contributed by atoms with E-state index in [4.69, 9.17) is 0 Å². The largest absolute Gasteiger partial charge is 0.352 e. The van der Waals surface area contributed by atoms with Gasteiger partial charge in [0.2, 0.25) is 17.7 Å². The summed E-state index contributed by atoms with van der Waals surface area (Å²) in [5, 5.41) is 10.2. The Balaban J connectivity index is 1.57. The third kappa shape index (κ3) is 4.97. The van der Waals surface area contributed by atoms with Crippen molar-refractivity contribution in [2.45, 2.75) is 71.1 Å². The molecule has 1 aliphatic heterocycles. The summed E-state index contributed by atoms with van der Waals surface area (Å²) in [7, 11) is 0. The van der Waals surface area contributed by atoms with E-state index >= 15 is 0 Å². The van der Waals surface area contributed by atoms with Crippen LogP contribution in [0, 0.1) is 11.8 Å². The molecule has 194 valence electrons. The average Bonchev–Trinajstić information content (AvgIpc) is 3.49. The Labute approximate surface area is 221 Å². The van der Waals surface area contributed by atoms with E-state index in [0.29, 0.717) is 12.0 Å². The van der Waals surface area contributed by atoms with Gasteiger partial charge in [0.05, 0.1) is 4.70 Å². The lowest BCUT2D eigenvalue weighted by Crippen LogP contribution is -2.67. The second kappa shape index (κ2) is 10.2. The topological polar surface area (TPSA) is 104 Å². The molecule has 2 heterocycles. The van der Waals surface area contributed by atoms with E-state index in [1.54, 1.807) is 4.90 Å². The molecule has 0 bridgehead atoms. The highest BCUT2D eigenvalue weighted by Crippen LogP contribution is 2.36. The Morgan fingerprint density at radius 1 is 1.11 bits per heavy atom. The number of amides is 3. The highest BCUT2D eigenvalue weighted by molar-refractivity contribution is 7.12. The maximum atomic E-state index is 14.3. The van der Waals surface area contributed by atoms with Crippen molar-refractivity contribution in [1.29, 1.82) is 0 Å². The molecule has 3 atom stereocenters. The predicted molar refractivity (Wildman–Crippen MR) is 143 cm³/mol. The molecule has 0 spiro atoms. The number of benzene rings is 2. The van der Waals surface area contributed by atoms with Gasteiger partial charge in [-0.15, -0.1) is 5.10 Å². The summed E-state index contributed by atoms with van der Waals surface area (Å²) >= 11 is 1.24. The summed E-state index contributed by atoms with van der Waals surface area (Å²) in [4.78, 5) is 43.3. The van der Waals surface area contributed by atoms with Crippen LogP contribution < -0.4 is 10.6 Å². The highest BCUT2D eigenvalue weighted by Gasteiger charge is 2.49. The van der Waals surface area contributed by atoms with E-state index in [-0.39, 0.29) is 35.6 Å². The van der Waals surface area contributed by atoms with E-state index in [1.165, 1.54) is 22.7 Å². The molecule has 1 fully saturated rings. The standard InChI is InChI=1S/C28H33N5O3S/c1-15(2)11-22-26(34)30-24(20-12-17-7-5-6-8-18(17)13-20)28(36)33(22)25(27(35)29-16(3)4)19-9-10-21-23(14-19)37-32-31-21/h5-10,14-16,20,22,24-25H,11-13H2,1-4H3,(H,29,35)(H,30,34)/t22-,24-,25-/m1/s1. The van der Waals surface area contributed by atoms with Gasteiger partial charge in [-0.1, -0.05) is 48.7 Å². The predicted octanol–water partition coefficient (Wildman–Crippen LogP) is 3.41. The van der Waals surface area contributed by atoms with E-state index < -0.39 is 18.1 Å². The zero-order valence-electron chi connectivity index (χ0n) is 21.6. The molecule has 2 aliphatic rings. The Bertz CT molecular complexity index is 1310. The number of nitrogens with one attached hydrogen (secondary N) is 2. The second-order valence-corrected chi connectivity index (χ2v) is 11.7. The van der Waals surface area contributed by atoms with E-state index in [1.807, 2.05) is 58.0 Å². The second-order valence-electron chi connectivity index (χ2n) is 10.9. The van der Waals surface area contributed by atoms with Crippen LogP contribution in [0.4, 0.5) is 0 Å². The van der Waals surface area contributed by atoms with Gasteiger partial charge >= 0.3 is 0 Å². The number of carbonyl (C=O) groups excluding carboxylic acids is 3. The molecular weight excluding hydrogens is 486 g/mol. The smallest absolute Gasteiger partial charge is 0.247 e. The van der Waals surface area contributed by atoms with Gasteiger partial charge in [-0.3, -0.25) is 14.4 Å². The zero-order valence-corrected chi connectivity index (χ0v) is 22.4. The molecular formula is C28H33N5O3S. The number of aromatic nitrogens is 2. The van der Waals surface area contributed by atoms with Gasteiger partial charge in [0.25, 0.3) is 0 Å². The average molecular weight is 520 g/mol. The van der Waals surface area contributed by atoms with Crippen LogP contribution in [-0.4, -0.2) is 50.3 Å². The van der Waals surface area contributed by atoms with Crippen molar-refractivity contribution in [3.63, 3.8) is 0 Å². The van der Waals surface area contributed by atoms with E-state index in [9.17, 15) is 14.4 Å². The van der Waals surface area contributed by atoms with Crippen molar-refractivity contribution in [1.82, 2.24) is 25.1 Å². The van der Waals surface area contributed by atoms with Gasteiger partial charge in [0.1, 0.15) is 23.6 Å². The van der Waals surface area contributed by atoms with Crippen LogP contribution in [0.25, 0.3) is 10.2 Å². The van der Waals surface area contributed by atoms with Crippen molar-refractivity contribution >= 4 is 39.5 Å². The maximum Gasteiger partial charge on any atom is 0.247 e. The molecule has 3 aromatic rings. The van der Waals surface area contributed by atoms with E-state index in [2.05, 4.69) is 32.4 Å². The maximum absolute atomic E-state index is 14.3. The Morgan fingerprint density at radius 3 is 2.46 bits per heavy atom. The molecule has 5 rings (SSSR count). The minimum absolute atomic E-state index is 0.0571. The lowest BCUT2D eigenvalue weighted by Gasteiger charge is -2.45. The quantitative estimate of drug-likeness (QED) is 0.498. The fourth-order valence-corrected chi connectivity index (χ4v) is 6.25. The van der Waals surface area contributed by atoms with Gasteiger partial charge in [-0.2, -0.15) is 0 Å². The van der Waals surface area contributed by atoms with Gasteiger partial charge in [0.15, 0.2) is 0 Å². The fraction of sp³-hybridized carbons (Fsp3) is 0.464. The molecule has 1 aliphatic carbocycles. The molecule has 0 radical (unpaired) electrons. The number of rotatable bonds is 7. The SMILES string of the molecule is CC(C)C[C@@H]1C(=O)N[C@H](C2Cc3ccccc3C2)C(=O)N1[C@@H](C(=O)NC(C)C)c1ccc2nnsc2c1. The van der Waals surface area contributed by atoms with Crippen LogP contribution in [-0.2, 0) is 27.2 Å². The first kappa shape index (κ1) is 25.3. The molecule has 0 saturated carbocycles. The van der Waals surface area contributed by atoms with Gasteiger partial charge in [-0.05, 0) is 85.3 Å². The van der Waals surface area contributed by atoms with Gasteiger partial charge in [-0.25, -0.2) is 0 Å². The Hall–Kier alpha value is -3.33. The van der Waals surface area contributed by atoms with Gasteiger partial charge < -0.3 is 15.5 Å². The van der Waals surface area contributed by atoms with Crippen molar-refractivity contribution < 1.29 is 14.4 Å². The molecule has 0 unspecified atom stereocenters. The van der Waals surface area contributed by atoms with E-state index in [0.717, 1.165) is 23.1 Å². The third-order valence-electron chi connectivity index (χ3n) is 7.25. The first-order valence-corrected chi connectivity index (χ1v) is 13.7. The molecule has 2 aromatic carbocycles. The summed E-state index contributed by atoms with van der Waals surface area (Å²) in [5.41, 5.74) is 3.81. The summed E-state index contributed by atoms with van der Waals surface area (Å²) in [6.07, 6.45) is 1.90. The van der Waals surface area contributed by atoms with Crippen molar-refractivity contribution in [3.8, 4) is 0 Å². The Kier molecular flexibility index (Phi) is 6.98. The third-order valence-corrected chi connectivity index (χ3v) is 7.94. The minimum atomic E-state index is -0.942. The zero-order chi connectivity index (χ0) is 26.3. The number of hydrogen-bond donors (Lipinski definition) is 2. The number of nitrogens with zero attached hydrogens (tertiary/aromatic N) is 3. The monoisotopic (exact) mass is 519 g/mol. The fourth-order valence-electron chi connectivity index (χ4n) is 5.64. The van der Waals surface area contributed by atoms with Crippen LogP contribution in [0.2, 0.25) is 0 Å². The number of hydrogen-bond acceptors (Lipinski definition) is 6. The summed E-state index contributed by atoms with van der Waals surface area (Å²) < 4.78 is 4.85. The molecule has 3 amide bonds. The molecule has 37 heavy (non-hydrogen) atoms. The summed E-state index contributed by atoms with van der Waals surface area (Å²) in [5.74, 6) is -0.595. The van der Waals surface area contributed by atoms with Gasteiger partial charge in [0, 0.05) is 6.04 Å². The molecule has 9 heteroatoms. The van der Waals surface area contributed by atoms with Crippen LogP contribution in [0.1, 0.15) is 56.8 Å². The van der Waals surface area contributed by atoms with Crippen molar-refractivity contribution in [2.75, 3.05) is 0 Å². The number of fused-ring (bicyclic) bond motifs is 2. The Morgan fingerprint density at radius 2 is 1.81 bits per heavy atom. The molecule has 2 N–H and O–H groups in total. The minimum Gasteiger partial charge on any atom is -0.352 e. The normalized spacial score (nSPS) is 21.0. The lowest BCUT2D eigenvalue weighted by molar-refractivity contribution is -0.158. The molecule has 1 saturated heterocycles. The summed E-state index contributed by atoms with van der Waals surface area (Å²) in [6, 6.07) is 11.2. The molecule has 1 aromatic heterocycles. The number of carbonyl (C=O) groups is 3. The first-order valence-electron chi connectivity index (χ1n) is 12.9.